The van der Waals surface area contributed by atoms with Gasteiger partial charge >= 0.3 is 0 Å². The monoisotopic (exact) mass is 286 g/mol. The fourth-order valence-electron chi connectivity index (χ4n) is 3.02. The van der Waals surface area contributed by atoms with E-state index in [1.807, 2.05) is 16.9 Å². The van der Waals surface area contributed by atoms with E-state index in [2.05, 4.69) is 37.1 Å². The van der Waals surface area contributed by atoms with Crippen molar-refractivity contribution < 1.29 is 0 Å². The number of aromatic nitrogens is 3. The molecule has 2 heterocycles. The van der Waals surface area contributed by atoms with Crippen LogP contribution in [-0.4, -0.2) is 20.6 Å². The summed E-state index contributed by atoms with van der Waals surface area (Å²) < 4.78 is 1.95. The lowest BCUT2D eigenvalue weighted by atomic mass is 9.92. The maximum Gasteiger partial charge on any atom is 0.152 e. The maximum absolute atomic E-state index is 4.69. The molecular formula is C17H26N4. The molecule has 1 saturated carbocycles. The lowest BCUT2D eigenvalue weighted by Crippen LogP contribution is -2.19. The van der Waals surface area contributed by atoms with Crippen LogP contribution in [0.4, 0.5) is 5.82 Å². The lowest BCUT2D eigenvalue weighted by molar-refractivity contribution is 0.562. The van der Waals surface area contributed by atoms with Gasteiger partial charge in [0.2, 0.25) is 0 Å². The second-order valence-electron chi connectivity index (χ2n) is 7.22. The van der Waals surface area contributed by atoms with Gasteiger partial charge in [0.05, 0.1) is 5.69 Å². The molecule has 2 aromatic rings. The van der Waals surface area contributed by atoms with Crippen LogP contribution < -0.4 is 5.32 Å². The number of nitrogens with zero attached hydrogens (tertiary/aromatic N) is 3. The van der Waals surface area contributed by atoms with Crippen LogP contribution in [-0.2, 0) is 5.41 Å². The zero-order chi connectivity index (χ0) is 14.9. The van der Waals surface area contributed by atoms with Gasteiger partial charge in [0.15, 0.2) is 5.82 Å². The van der Waals surface area contributed by atoms with Gasteiger partial charge in [0.1, 0.15) is 5.52 Å². The number of rotatable bonds is 2. The molecule has 4 heteroatoms. The van der Waals surface area contributed by atoms with Gasteiger partial charge in [-0.1, -0.05) is 46.5 Å². The zero-order valence-electron chi connectivity index (χ0n) is 13.4. The molecule has 21 heavy (non-hydrogen) atoms. The van der Waals surface area contributed by atoms with Crippen molar-refractivity contribution in [2.45, 2.75) is 70.8 Å². The predicted octanol–water partition coefficient (Wildman–Crippen LogP) is 4.16. The van der Waals surface area contributed by atoms with E-state index in [-0.39, 0.29) is 5.41 Å². The minimum absolute atomic E-state index is 0.0611. The van der Waals surface area contributed by atoms with Gasteiger partial charge in [0.25, 0.3) is 0 Å². The van der Waals surface area contributed by atoms with Crippen molar-refractivity contribution >= 4 is 11.3 Å². The Kier molecular flexibility index (Phi) is 3.87. The third kappa shape index (κ3) is 3.20. The van der Waals surface area contributed by atoms with Crippen LogP contribution >= 0.6 is 0 Å². The Morgan fingerprint density at radius 3 is 2.52 bits per heavy atom. The average molecular weight is 286 g/mol. The Bertz CT molecular complexity index is 601. The molecule has 1 fully saturated rings. The molecule has 2 aromatic heterocycles. The second kappa shape index (κ2) is 5.66. The van der Waals surface area contributed by atoms with Crippen molar-refractivity contribution in [1.29, 1.82) is 0 Å². The molecule has 0 radical (unpaired) electrons. The van der Waals surface area contributed by atoms with Gasteiger partial charge in [-0.05, 0) is 18.9 Å². The molecule has 1 aliphatic carbocycles. The summed E-state index contributed by atoms with van der Waals surface area (Å²) >= 11 is 0. The summed E-state index contributed by atoms with van der Waals surface area (Å²) in [5.41, 5.74) is 2.26. The van der Waals surface area contributed by atoms with Crippen LogP contribution in [0.5, 0.6) is 0 Å². The quantitative estimate of drug-likeness (QED) is 0.843. The number of anilines is 1. The molecule has 0 atom stereocenters. The van der Waals surface area contributed by atoms with Crippen molar-refractivity contribution in [2.24, 2.45) is 0 Å². The van der Waals surface area contributed by atoms with Crippen LogP contribution in [0, 0.1) is 0 Å². The number of hydrogen-bond donors (Lipinski definition) is 1. The first-order valence-electron chi connectivity index (χ1n) is 8.15. The van der Waals surface area contributed by atoms with E-state index in [1.165, 1.54) is 38.5 Å². The first-order chi connectivity index (χ1) is 10.0. The van der Waals surface area contributed by atoms with Gasteiger partial charge in [-0.2, -0.15) is 5.10 Å². The SMILES string of the molecule is CC(C)(C)c1cc2c(NC3CCCCCC3)nccn2n1. The van der Waals surface area contributed by atoms with Crippen molar-refractivity contribution in [3.63, 3.8) is 0 Å². The van der Waals surface area contributed by atoms with Crippen LogP contribution in [0.25, 0.3) is 5.52 Å². The van der Waals surface area contributed by atoms with Gasteiger partial charge in [-0.15, -0.1) is 0 Å². The Labute approximate surface area is 127 Å². The van der Waals surface area contributed by atoms with E-state index in [9.17, 15) is 0 Å². The molecule has 1 aliphatic rings. The third-order valence-electron chi connectivity index (χ3n) is 4.35. The maximum atomic E-state index is 4.69. The molecule has 1 N–H and O–H groups in total. The van der Waals surface area contributed by atoms with Crippen molar-refractivity contribution in [3.05, 3.63) is 24.2 Å². The van der Waals surface area contributed by atoms with E-state index in [0.717, 1.165) is 17.0 Å². The summed E-state index contributed by atoms with van der Waals surface area (Å²) in [6.07, 6.45) is 11.7. The van der Waals surface area contributed by atoms with Gasteiger partial charge in [-0.25, -0.2) is 9.50 Å². The average Bonchev–Trinajstić information content (AvgIpc) is 2.72. The van der Waals surface area contributed by atoms with Crippen LogP contribution in [0.15, 0.2) is 18.5 Å². The molecule has 3 rings (SSSR count). The Hall–Kier alpha value is -1.58. The highest BCUT2D eigenvalue weighted by atomic mass is 15.2. The van der Waals surface area contributed by atoms with E-state index >= 15 is 0 Å². The molecule has 4 nitrogen and oxygen atoms in total. The van der Waals surface area contributed by atoms with Crippen LogP contribution in [0.2, 0.25) is 0 Å². The topological polar surface area (TPSA) is 42.2 Å². The minimum Gasteiger partial charge on any atom is -0.366 e. The molecule has 0 amide bonds. The standard InChI is InChI=1S/C17H26N4/c1-17(2,3)15-12-14-16(18-10-11-21(14)20-15)19-13-8-6-4-5-7-9-13/h10-13H,4-9H2,1-3H3,(H,18,19). The largest absolute Gasteiger partial charge is 0.366 e. The molecule has 0 spiro atoms. The second-order valence-corrected chi connectivity index (χ2v) is 7.22. The van der Waals surface area contributed by atoms with Crippen LogP contribution in [0.3, 0.4) is 0 Å². The summed E-state index contributed by atoms with van der Waals surface area (Å²) in [6.45, 7) is 6.59. The fourth-order valence-corrected chi connectivity index (χ4v) is 3.02. The highest BCUT2D eigenvalue weighted by molar-refractivity contribution is 5.68. The van der Waals surface area contributed by atoms with Crippen molar-refractivity contribution in [2.75, 3.05) is 5.32 Å². The third-order valence-corrected chi connectivity index (χ3v) is 4.35. The normalized spacial score (nSPS) is 17.9. The molecule has 0 aliphatic heterocycles. The molecule has 0 aromatic carbocycles. The van der Waals surface area contributed by atoms with Gasteiger partial charge in [0, 0.05) is 23.9 Å². The van der Waals surface area contributed by atoms with E-state index in [4.69, 9.17) is 5.10 Å². The molecule has 0 saturated heterocycles. The molecular weight excluding hydrogens is 260 g/mol. The highest BCUT2D eigenvalue weighted by Crippen LogP contribution is 2.26. The Morgan fingerprint density at radius 2 is 1.86 bits per heavy atom. The summed E-state index contributed by atoms with van der Waals surface area (Å²) in [7, 11) is 0. The summed E-state index contributed by atoms with van der Waals surface area (Å²) in [5, 5.41) is 8.35. The van der Waals surface area contributed by atoms with Gasteiger partial charge in [-0.3, -0.25) is 0 Å². The molecule has 0 unspecified atom stereocenters. The van der Waals surface area contributed by atoms with Crippen molar-refractivity contribution in [1.82, 2.24) is 14.6 Å². The lowest BCUT2D eigenvalue weighted by Gasteiger charge is -2.17. The Morgan fingerprint density at radius 1 is 1.14 bits per heavy atom. The minimum atomic E-state index is 0.0611. The first kappa shape index (κ1) is 14.4. The van der Waals surface area contributed by atoms with E-state index in [0.29, 0.717) is 6.04 Å². The van der Waals surface area contributed by atoms with E-state index in [1.54, 1.807) is 0 Å². The summed E-state index contributed by atoms with van der Waals surface area (Å²) in [6, 6.07) is 2.73. The smallest absolute Gasteiger partial charge is 0.152 e. The molecule has 0 bridgehead atoms. The first-order valence-corrected chi connectivity index (χ1v) is 8.15. The summed E-state index contributed by atoms with van der Waals surface area (Å²) in [5.74, 6) is 0.979. The summed E-state index contributed by atoms with van der Waals surface area (Å²) in [4.78, 5) is 4.56. The number of fused-ring (bicyclic) bond motifs is 1. The Balaban J connectivity index is 1.89. The van der Waals surface area contributed by atoms with Crippen LogP contribution in [0.1, 0.15) is 65.0 Å². The number of hydrogen-bond acceptors (Lipinski definition) is 3. The van der Waals surface area contributed by atoms with Gasteiger partial charge < -0.3 is 5.32 Å². The van der Waals surface area contributed by atoms with Crippen molar-refractivity contribution in [3.8, 4) is 0 Å². The molecule has 114 valence electrons. The zero-order valence-corrected chi connectivity index (χ0v) is 13.4. The fraction of sp³-hybridized carbons (Fsp3) is 0.647. The predicted molar refractivity (Wildman–Crippen MR) is 86.8 cm³/mol. The van der Waals surface area contributed by atoms with E-state index < -0.39 is 0 Å². The number of nitrogens with one attached hydrogen (secondary N) is 1. The highest BCUT2D eigenvalue weighted by Gasteiger charge is 2.20.